The molecule has 31 heavy (non-hydrogen) atoms. The van der Waals surface area contributed by atoms with E-state index in [0.29, 0.717) is 30.6 Å². The maximum atomic E-state index is 12.6. The first-order valence-corrected chi connectivity index (χ1v) is 11.9. The topological polar surface area (TPSA) is 66.0 Å². The molecule has 1 aliphatic carbocycles. The van der Waals surface area contributed by atoms with Gasteiger partial charge in [0.2, 0.25) is 11.7 Å². The number of carbonyl (C=O) groups is 1. The molecule has 1 spiro atoms. The largest absolute Gasteiger partial charge is 0.346 e. The summed E-state index contributed by atoms with van der Waals surface area (Å²) in [6, 6.07) is 7.88. The molecule has 2 bridgehead atoms. The van der Waals surface area contributed by atoms with Crippen LogP contribution < -0.4 is 5.32 Å². The summed E-state index contributed by atoms with van der Waals surface area (Å²) in [6.45, 7) is 8.55. The average Bonchev–Trinajstić information content (AvgIpc) is 2.97. The summed E-state index contributed by atoms with van der Waals surface area (Å²) in [5.41, 5.74) is 1.47. The molecular weight excluding hydrogens is 394 g/mol. The van der Waals surface area contributed by atoms with Crippen molar-refractivity contribution in [2.24, 2.45) is 23.7 Å². The van der Waals surface area contributed by atoms with Crippen LogP contribution in [0, 0.1) is 30.6 Å². The quantitative estimate of drug-likeness (QED) is 0.685. The molecule has 1 saturated carbocycles. The number of hydrogen-bond acceptors (Lipinski definition) is 5. The third-order valence-corrected chi connectivity index (χ3v) is 8.29. The first-order chi connectivity index (χ1) is 14.8. The van der Waals surface area contributed by atoms with Gasteiger partial charge in [-0.2, -0.15) is 0 Å². The smallest absolute Gasteiger partial charge is 0.224 e. The fraction of sp³-hybridized carbons (Fsp3) is 0.720. The number of hydrogen-bond donors (Lipinski definition) is 1. The molecule has 4 saturated heterocycles. The fourth-order valence-corrected chi connectivity index (χ4v) is 6.44. The minimum atomic E-state index is -0.758. The maximum absolute atomic E-state index is 12.6. The second kappa shape index (κ2) is 7.84. The number of amides is 1. The molecule has 6 heteroatoms. The Morgan fingerprint density at radius 1 is 1.10 bits per heavy atom. The first kappa shape index (κ1) is 21.4. The standard InChI is InChI=1S/C25H35NO5/c1-15-5-8-18(9-6-15)26-22(27)12-11-21-17(3)20-10-7-16(2)19-13-14-24(4)29-23(28-21)25(19,20)31-30-24/h5-6,8-9,16-17,19-21,23H,7,10-14H2,1-4H3,(H,26,27)/t16-,17-,19+,20+,21-,23-,24+,25-/m1/s1. The molecule has 6 rings (SSSR count). The van der Waals surface area contributed by atoms with E-state index < -0.39 is 17.7 Å². The fourth-order valence-electron chi connectivity index (χ4n) is 6.44. The first-order valence-electron chi connectivity index (χ1n) is 11.9. The second-order valence-electron chi connectivity index (χ2n) is 10.4. The summed E-state index contributed by atoms with van der Waals surface area (Å²) in [5, 5.41) is 3.00. The average molecular weight is 430 g/mol. The van der Waals surface area contributed by atoms with E-state index in [1.807, 2.05) is 38.1 Å². The third-order valence-electron chi connectivity index (χ3n) is 8.29. The van der Waals surface area contributed by atoms with Crippen molar-refractivity contribution in [1.82, 2.24) is 0 Å². The summed E-state index contributed by atoms with van der Waals surface area (Å²) in [5.74, 6) is 0.761. The molecule has 1 aromatic rings. The van der Waals surface area contributed by atoms with Crippen molar-refractivity contribution in [3.05, 3.63) is 29.8 Å². The van der Waals surface area contributed by atoms with Crippen LogP contribution in [0.5, 0.6) is 0 Å². The van der Waals surface area contributed by atoms with Crippen LogP contribution in [0.1, 0.15) is 64.9 Å². The molecule has 0 unspecified atom stereocenters. The monoisotopic (exact) mass is 429 g/mol. The van der Waals surface area contributed by atoms with E-state index in [2.05, 4.69) is 19.2 Å². The van der Waals surface area contributed by atoms with Crippen molar-refractivity contribution in [2.45, 2.75) is 90.0 Å². The molecule has 4 heterocycles. The lowest BCUT2D eigenvalue weighted by Gasteiger charge is -2.60. The van der Waals surface area contributed by atoms with Gasteiger partial charge in [0, 0.05) is 24.4 Å². The Morgan fingerprint density at radius 3 is 2.65 bits per heavy atom. The van der Waals surface area contributed by atoms with Crippen molar-refractivity contribution >= 4 is 11.6 Å². The molecule has 170 valence electrons. The Kier molecular flexibility index (Phi) is 5.40. The minimum absolute atomic E-state index is 0.0185. The Labute approximate surface area is 184 Å². The number of carbonyl (C=O) groups excluding carboxylic acids is 1. The molecule has 4 aliphatic heterocycles. The van der Waals surface area contributed by atoms with E-state index in [0.717, 1.165) is 24.9 Å². The number of fused-ring (bicyclic) bond motifs is 2. The number of benzene rings is 1. The van der Waals surface area contributed by atoms with E-state index in [-0.39, 0.29) is 17.9 Å². The summed E-state index contributed by atoms with van der Waals surface area (Å²) < 4.78 is 13.0. The Balaban J connectivity index is 1.30. The maximum Gasteiger partial charge on any atom is 0.224 e. The summed E-state index contributed by atoms with van der Waals surface area (Å²) in [7, 11) is 0. The van der Waals surface area contributed by atoms with E-state index in [1.165, 1.54) is 12.0 Å². The molecule has 1 amide bonds. The normalized spacial score (nSPS) is 43.7. The van der Waals surface area contributed by atoms with Gasteiger partial charge in [-0.3, -0.25) is 4.79 Å². The molecule has 5 fully saturated rings. The van der Waals surface area contributed by atoms with Crippen LogP contribution in [0.2, 0.25) is 0 Å². The zero-order chi connectivity index (χ0) is 21.8. The minimum Gasteiger partial charge on any atom is -0.346 e. The Morgan fingerprint density at radius 2 is 1.87 bits per heavy atom. The van der Waals surface area contributed by atoms with Crippen molar-refractivity contribution in [3.8, 4) is 0 Å². The SMILES string of the molecule is Cc1ccc(NC(=O)CC[C@H]2O[C@@H]3O[C@]4(C)CC[C@H]5[C@H](C)CC[C@@H]([C@H]2C)[C@@]35OO4)cc1. The van der Waals surface area contributed by atoms with Gasteiger partial charge in [0.25, 0.3) is 0 Å². The van der Waals surface area contributed by atoms with Crippen LogP contribution in [0.15, 0.2) is 24.3 Å². The number of nitrogens with one attached hydrogen (secondary N) is 1. The van der Waals surface area contributed by atoms with E-state index in [4.69, 9.17) is 19.2 Å². The van der Waals surface area contributed by atoms with Crippen molar-refractivity contribution < 1.29 is 24.0 Å². The van der Waals surface area contributed by atoms with Gasteiger partial charge >= 0.3 is 0 Å². The highest BCUT2D eigenvalue weighted by Crippen LogP contribution is 2.60. The molecule has 0 radical (unpaired) electrons. The van der Waals surface area contributed by atoms with Gasteiger partial charge in [-0.25, -0.2) is 9.78 Å². The molecular formula is C25H35NO5. The van der Waals surface area contributed by atoms with E-state index in [9.17, 15) is 4.79 Å². The van der Waals surface area contributed by atoms with Crippen LogP contribution in [0.3, 0.4) is 0 Å². The van der Waals surface area contributed by atoms with Crippen molar-refractivity contribution in [3.63, 3.8) is 0 Å². The predicted molar refractivity (Wildman–Crippen MR) is 116 cm³/mol. The van der Waals surface area contributed by atoms with E-state index >= 15 is 0 Å². The highest BCUT2D eigenvalue weighted by Gasteiger charge is 2.69. The zero-order valence-electron chi connectivity index (χ0n) is 19.1. The molecule has 6 nitrogen and oxygen atoms in total. The van der Waals surface area contributed by atoms with Crippen LogP contribution in [0.4, 0.5) is 5.69 Å². The third kappa shape index (κ3) is 3.62. The van der Waals surface area contributed by atoms with Crippen molar-refractivity contribution in [2.75, 3.05) is 5.32 Å². The van der Waals surface area contributed by atoms with Gasteiger partial charge in [-0.05, 0) is 69.4 Å². The summed E-state index contributed by atoms with van der Waals surface area (Å²) >= 11 is 0. The zero-order valence-corrected chi connectivity index (χ0v) is 19.1. The Hall–Kier alpha value is -1.47. The highest BCUT2D eigenvalue weighted by molar-refractivity contribution is 5.90. The molecule has 1 N–H and O–H groups in total. The second-order valence-corrected chi connectivity index (χ2v) is 10.4. The molecule has 8 atom stereocenters. The molecule has 1 aromatic carbocycles. The van der Waals surface area contributed by atoms with E-state index in [1.54, 1.807) is 0 Å². The number of anilines is 1. The van der Waals surface area contributed by atoms with Gasteiger partial charge in [0.15, 0.2) is 11.9 Å². The van der Waals surface area contributed by atoms with Crippen LogP contribution >= 0.6 is 0 Å². The van der Waals surface area contributed by atoms with Gasteiger partial charge in [0.1, 0.15) is 0 Å². The van der Waals surface area contributed by atoms with Gasteiger partial charge in [-0.1, -0.05) is 31.5 Å². The van der Waals surface area contributed by atoms with Crippen LogP contribution in [0.25, 0.3) is 0 Å². The van der Waals surface area contributed by atoms with Crippen LogP contribution in [-0.4, -0.2) is 29.7 Å². The lowest BCUT2D eigenvalue weighted by Crippen LogP contribution is -2.70. The van der Waals surface area contributed by atoms with Crippen LogP contribution in [-0.2, 0) is 24.0 Å². The molecule has 0 aromatic heterocycles. The number of rotatable bonds is 4. The van der Waals surface area contributed by atoms with Crippen molar-refractivity contribution in [1.29, 1.82) is 0 Å². The van der Waals surface area contributed by atoms with Gasteiger partial charge < -0.3 is 14.8 Å². The van der Waals surface area contributed by atoms with Gasteiger partial charge in [0.05, 0.1) is 6.10 Å². The summed E-state index contributed by atoms with van der Waals surface area (Å²) in [4.78, 5) is 24.6. The Bertz CT molecular complexity index is 828. The number of ether oxygens (including phenoxy) is 2. The van der Waals surface area contributed by atoms with Gasteiger partial charge in [-0.15, -0.1) is 0 Å². The highest BCUT2D eigenvalue weighted by atomic mass is 17.3. The summed E-state index contributed by atoms with van der Waals surface area (Å²) in [6.07, 6.45) is 4.73. The molecule has 5 aliphatic rings. The number of aryl methyl sites for hydroxylation is 1. The lowest BCUT2D eigenvalue weighted by atomic mass is 9.57. The predicted octanol–water partition coefficient (Wildman–Crippen LogP) is 4.96. The lowest BCUT2D eigenvalue weighted by molar-refractivity contribution is -0.571.